The first kappa shape index (κ1) is 13.9. The molecule has 0 aliphatic carbocycles. The Kier molecular flexibility index (Phi) is 4.43. The highest BCUT2D eigenvalue weighted by atomic mass is 16.5. The second-order valence-corrected chi connectivity index (χ2v) is 5.27. The van der Waals surface area contributed by atoms with Gasteiger partial charge in [-0.2, -0.15) is 0 Å². The lowest BCUT2D eigenvalue weighted by Crippen LogP contribution is -2.31. The van der Waals surface area contributed by atoms with Crippen molar-refractivity contribution in [2.45, 2.75) is 19.8 Å². The number of carbonyl (C=O) groups is 1. The minimum absolute atomic E-state index is 0.343. The molecule has 1 saturated heterocycles. The summed E-state index contributed by atoms with van der Waals surface area (Å²) in [5.41, 5.74) is 2.44. The van der Waals surface area contributed by atoms with Crippen LogP contribution in [0.25, 0.3) is 0 Å². The van der Waals surface area contributed by atoms with Crippen molar-refractivity contribution in [3.63, 3.8) is 0 Å². The highest BCUT2D eigenvalue weighted by molar-refractivity contribution is 5.88. The molecule has 4 heteroatoms. The predicted octanol–water partition coefficient (Wildman–Crippen LogP) is 2.56. The van der Waals surface area contributed by atoms with Crippen molar-refractivity contribution in [3.05, 3.63) is 29.3 Å². The molecule has 104 valence electrons. The Balaban J connectivity index is 2.05. The van der Waals surface area contributed by atoms with Gasteiger partial charge in [0.25, 0.3) is 0 Å². The Bertz CT molecular complexity index is 453. The van der Waals surface area contributed by atoms with Crippen molar-refractivity contribution < 1.29 is 14.6 Å². The molecule has 0 aromatic heterocycles. The van der Waals surface area contributed by atoms with E-state index >= 15 is 0 Å². The molecule has 1 aromatic carbocycles. The maximum absolute atomic E-state index is 10.9. The van der Waals surface area contributed by atoms with E-state index in [1.807, 2.05) is 13.0 Å². The molecule has 1 fully saturated rings. The zero-order valence-electron chi connectivity index (χ0n) is 11.6. The lowest BCUT2D eigenvalue weighted by atomic mass is 10.0. The summed E-state index contributed by atoms with van der Waals surface area (Å²) in [6, 6.07) is 5.28. The number of ether oxygens (including phenoxy) is 1. The molecule has 4 nitrogen and oxygen atoms in total. The van der Waals surface area contributed by atoms with E-state index in [-0.39, 0.29) is 0 Å². The van der Waals surface area contributed by atoms with Gasteiger partial charge < -0.3 is 14.7 Å². The van der Waals surface area contributed by atoms with Gasteiger partial charge in [0.2, 0.25) is 0 Å². The fourth-order valence-corrected chi connectivity index (χ4v) is 2.65. The second kappa shape index (κ2) is 6.06. The van der Waals surface area contributed by atoms with Gasteiger partial charge in [-0.15, -0.1) is 0 Å². The van der Waals surface area contributed by atoms with Gasteiger partial charge in [-0.1, -0.05) is 0 Å². The molecule has 1 heterocycles. The molecular formula is C15H21NO3. The third-order valence-electron chi connectivity index (χ3n) is 3.64. The number of rotatable bonds is 4. The first-order valence-electron chi connectivity index (χ1n) is 6.70. The van der Waals surface area contributed by atoms with E-state index in [1.54, 1.807) is 12.1 Å². The van der Waals surface area contributed by atoms with E-state index in [2.05, 4.69) is 11.9 Å². The molecule has 0 spiro atoms. The average Bonchev–Trinajstić information content (AvgIpc) is 2.39. The van der Waals surface area contributed by atoms with Gasteiger partial charge in [0.15, 0.2) is 0 Å². The van der Waals surface area contributed by atoms with Crippen LogP contribution in [0.15, 0.2) is 18.2 Å². The fraction of sp³-hybridized carbons (Fsp3) is 0.533. The number of carboxylic acids is 1. The second-order valence-electron chi connectivity index (χ2n) is 5.27. The van der Waals surface area contributed by atoms with Gasteiger partial charge in [-0.25, -0.2) is 4.79 Å². The molecule has 0 radical (unpaired) electrons. The Morgan fingerprint density at radius 3 is 2.89 bits per heavy atom. The minimum atomic E-state index is -0.877. The van der Waals surface area contributed by atoms with Crippen LogP contribution in [0, 0.1) is 12.8 Å². The summed E-state index contributed by atoms with van der Waals surface area (Å²) >= 11 is 0. The topological polar surface area (TPSA) is 49.8 Å². The first-order chi connectivity index (χ1) is 9.08. The van der Waals surface area contributed by atoms with E-state index < -0.39 is 5.97 Å². The van der Waals surface area contributed by atoms with Crippen LogP contribution in [0.2, 0.25) is 0 Å². The molecule has 0 saturated carbocycles. The number of benzene rings is 1. The van der Waals surface area contributed by atoms with Crippen molar-refractivity contribution in [1.29, 1.82) is 0 Å². The van der Waals surface area contributed by atoms with Crippen LogP contribution in [0.3, 0.4) is 0 Å². The molecule has 1 atom stereocenters. The summed E-state index contributed by atoms with van der Waals surface area (Å²) in [6.07, 6.45) is 2.34. The van der Waals surface area contributed by atoms with Crippen molar-refractivity contribution in [2.75, 3.05) is 31.7 Å². The van der Waals surface area contributed by atoms with E-state index in [0.717, 1.165) is 37.4 Å². The summed E-state index contributed by atoms with van der Waals surface area (Å²) in [6.45, 7) is 4.62. The molecule has 19 heavy (non-hydrogen) atoms. The van der Waals surface area contributed by atoms with Crippen LogP contribution < -0.4 is 4.90 Å². The SMILES string of the molecule is Cc1cc(C(=O)O)ccc1N(C)CC1CCCOC1. The third-order valence-corrected chi connectivity index (χ3v) is 3.64. The highest BCUT2D eigenvalue weighted by Gasteiger charge is 2.17. The van der Waals surface area contributed by atoms with Crippen molar-refractivity contribution >= 4 is 11.7 Å². The maximum Gasteiger partial charge on any atom is 0.335 e. The summed E-state index contributed by atoms with van der Waals surface area (Å²) in [5, 5.41) is 8.97. The zero-order valence-corrected chi connectivity index (χ0v) is 11.6. The van der Waals surface area contributed by atoms with E-state index in [9.17, 15) is 4.79 Å². The maximum atomic E-state index is 10.9. The molecule has 1 aromatic rings. The van der Waals surface area contributed by atoms with Crippen molar-refractivity contribution in [2.24, 2.45) is 5.92 Å². The number of aromatic carboxylic acids is 1. The number of aryl methyl sites for hydroxylation is 1. The van der Waals surface area contributed by atoms with Gasteiger partial charge >= 0.3 is 5.97 Å². The Labute approximate surface area is 114 Å². The van der Waals surface area contributed by atoms with Crippen molar-refractivity contribution in [3.8, 4) is 0 Å². The summed E-state index contributed by atoms with van der Waals surface area (Å²) in [4.78, 5) is 13.1. The highest BCUT2D eigenvalue weighted by Crippen LogP contribution is 2.23. The van der Waals surface area contributed by atoms with E-state index in [4.69, 9.17) is 9.84 Å². The zero-order chi connectivity index (χ0) is 13.8. The van der Waals surface area contributed by atoms with Crippen LogP contribution in [0.5, 0.6) is 0 Å². The molecule has 1 unspecified atom stereocenters. The lowest BCUT2D eigenvalue weighted by molar-refractivity contribution is 0.0576. The van der Waals surface area contributed by atoms with Gasteiger partial charge in [0.05, 0.1) is 12.2 Å². The molecular weight excluding hydrogens is 242 g/mol. The summed E-state index contributed by atoms with van der Waals surface area (Å²) in [7, 11) is 2.05. The number of carboxylic acid groups (broad SMARTS) is 1. The number of hydrogen-bond acceptors (Lipinski definition) is 3. The average molecular weight is 263 g/mol. The van der Waals surface area contributed by atoms with Gasteiger partial charge in [-0.05, 0) is 49.4 Å². The molecule has 1 N–H and O–H groups in total. The quantitative estimate of drug-likeness (QED) is 0.907. The van der Waals surface area contributed by atoms with E-state index in [0.29, 0.717) is 11.5 Å². The number of hydrogen-bond donors (Lipinski definition) is 1. The van der Waals surface area contributed by atoms with Gasteiger partial charge in [0, 0.05) is 25.9 Å². The summed E-state index contributed by atoms with van der Waals surface area (Å²) in [5.74, 6) is -0.310. The summed E-state index contributed by atoms with van der Waals surface area (Å²) < 4.78 is 5.50. The minimum Gasteiger partial charge on any atom is -0.478 e. The molecule has 1 aliphatic rings. The molecule has 0 amide bonds. The van der Waals surface area contributed by atoms with Crippen LogP contribution in [-0.4, -0.2) is 37.9 Å². The lowest BCUT2D eigenvalue weighted by Gasteiger charge is -2.29. The van der Waals surface area contributed by atoms with Gasteiger partial charge in [-0.3, -0.25) is 0 Å². The fourth-order valence-electron chi connectivity index (χ4n) is 2.65. The smallest absolute Gasteiger partial charge is 0.335 e. The van der Waals surface area contributed by atoms with E-state index in [1.165, 1.54) is 6.42 Å². The Hall–Kier alpha value is -1.55. The normalized spacial score (nSPS) is 19.2. The van der Waals surface area contributed by atoms with Gasteiger partial charge in [0.1, 0.15) is 0 Å². The van der Waals surface area contributed by atoms with Crippen LogP contribution in [0.1, 0.15) is 28.8 Å². The van der Waals surface area contributed by atoms with Crippen molar-refractivity contribution in [1.82, 2.24) is 0 Å². The Morgan fingerprint density at radius 2 is 2.32 bits per heavy atom. The molecule has 0 bridgehead atoms. The third kappa shape index (κ3) is 3.47. The van der Waals surface area contributed by atoms with Crippen LogP contribution in [0.4, 0.5) is 5.69 Å². The molecule has 2 rings (SSSR count). The standard InChI is InChI=1S/C15H21NO3/c1-11-8-13(15(17)18)5-6-14(11)16(2)9-12-4-3-7-19-10-12/h5-6,8,12H,3-4,7,9-10H2,1-2H3,(H,17,18). The number of anilines is 1. The predicted molar refractivity (Wildman–Crippen MR) is 75.0 cm³/mol. The monoisotopic (exact) mass is 263 g/mol. The van der Waals surface area contributed by atoms with Crippen LogP contribution in [-0.2, 0) is 4.74 Å². The largest absolute Gasteiger partial charge is 0.478 e. The first-order valence-corrected chi connectivity index (χ1v) is 6.70. The molecule has 1 aliphatic heterocycles. The van der Waals surface area contributed by atoms with Crippen LogP contribution >= 0.6 is 0 Å². The number of nitrogens with zero attached hydrogens (tertiary/aromatic N) is 1. The Morgan fingerprint density at radius 1 is 1.53 bits per heavy atom.